The monoisotopic (exact) mass is 212 g/mol. The third-order valence-electron chi connectivity index (χ3n) is 3.29. The van der Waals surface area contributed by atoms with Crippen molar-refractivity contribution in [3.63, 3.8) is 0 Å². The zero-order valence-corrected chi connectivity index (χ0v) is 9.29. The maximum atomic E-state index is 11.0. The summed E-state index contributed by atoms with van der Waals surface area (Å²) in [6.45, 7) is 3.93. The van der Waals surface area contributed by atoms with Crippen LogP contribution in [0, 0.1) is 0 Å². The highest BCUT2D eigenvalue weighted by Crippen LogP contribution is 2.15. The quantitative estimate of drug-likeness (QED) is 0.710. The molecule has 0 aromatic rings. The minimum Gasteiger partial charge on any atom is -0.377 e. The minimum atomic E-state index is 0.187. The van der Waals surface area contributed by atoms with E-state index in [2.05, 4.69) is 17.6 Å². The van der Waals surface area contributed by atoms with Crippen LogP contribution in [0.2, 0.25) is 0 Å². The van der Waals surface area contributed by atoms with Gasteiger partial charge in [0.25, 0.3) is 0 Å². The predicted octanol–water partition coefficient (Wildman–Crippen LogP) is 0.422. The van der Waals surface area contributed by atoms with Crippen molar-refractivity contribution in [2.75, 3.05) is 13.2 Å². The van der Waals surface area contributed by atoms with Gasteiger partial charge in [-0.3, -0.25) is 4.79 Å². The standard InChI is InChI=1S/C11H20N2O2/c1-8(10-3-2-6-15-10)12-7-9-4-5-11(14)13-9/h8-10,12H,2-7H2,1H3,(H,13,14). The van der Waals surface area contributed by atoms with E-state index in [9.17, 15) is 4.79 Å². The molecule has 0 aromatic heterocycles. The SMILES string of the molecule is CC(NCC1CCC(=O)N1)C1CCCO1. The summed E-state index contributed by atoms with van der Waals surface area (Å²) in [5.41, 5.74) is 0. The zero-order valence-electron chi connectivity index (χ0n) is 9.29. The molecule has 2 saturated heterocycles. The molecule has 86 valence electrons. The second-order valence-electron chi connectivity index (χ2n) is 4.55. The van der Waals surface area contributed by atoms with Crippen LogP contribution < -0.4 is 10.6 Å². The number of hydrogen-bond acceptors (Lipinski definition) is 3. The fraction of sp³-hybridized carbons (Fsp3) is 0.909. The van der Waals surface area contributed by atoms with Gasteiger partial charge in [0, 0.05) is 31.7 Å². The molecule has 2 aliphatic heterocycles. The molecular weight excluding hydrogens is 192 g/mol. The molecule has 3 atom stereocenters. The smallest absolute Gasteiger partial charge is 0.220 e. The average molecular weight is 212 g/mol. The molecule has 15 heavy (non-hydrogen) atoms. The summed E-state index contributed by atoms with van der Waals surface area (Å²) >= 11 is 0. The van der Waals surface area contributed by atoms with E-state index in [1.165, 1.54) is 6.42 Å². The molecule has 4 nitrogen and oxygen atoms in total. The lowest BCUT2D eigenvalue weighted by atomic mass is 10.1. The van der Waals surface area contributed by atoms with Gasteiger partial charge < -0.3 is 15.4 Å². The summed E-state index contributed by atoms with van der Waals surface area (Å²) in [5, 5.41) is 6.40. The molecule has 0 radical (unpaired) electrons. The molecular formula is C11H20N2O2. The summed E-state index contributed by atoms with van der Waals surface area (Å²) in [6, 6.07) is 0.714. The second kappa shape index (κ2) is 4.94. The van der Waals surface area contributed by atoms with Crippen LogP contribution in [0.25, 0.3) is 0 Å². The normalized spacial score (nSPS) is 33.0. The van der Waals surface area contributed by atoms with E-state index >= 15 is 0 Å². The van der Waals surface area contributed by atoms with Gasteiger partial charge in [-0.1, -0.05) is 0 Å². The van der Waals surface area contributed by atoms with Crippen molar-refractivity contribution < 1.29 is 9.53 Å². The molecule has 0 bridgehead atoms. The lowest BCUT2D eigenvalue weighted by Gasteiger charge is -2.22. The molecule has 2 rings (SSSR count). The van der Waals surface area contributed by atoms with Crippen molar-refractivity contribution in [2.24, 2.45) is 0 Å². The average Bonchev–Trinajstić information content (AvgIpc) is 2.84. The maximum absolute atomic E-state index is 11.0. The van der Waals surface area contributed by atoms with Gasteiger partial charge in [-0.05, 0) is 26.2 Å². The number of amides is 1. The number of rotatable bonds is 4. The van der Waals surface area contributed by atoms with Crippen molar-refractivity contribution in [3.05, 3.63) is 0 Å². The number of ether oxygens (including phenoxy) is 1. The summed E-state index contributed by atoms with van der Waals surface area (Å²) in [4.78, 5) is 11.0. The highest BCUT2D eigenvalue weighted by molar-refractivity contribution is 5.78. The van der Waals surface area contributed by atoms with Gasteiger partial charge in [-0.25, -0.2) is 0 Å². The van der Waals surface area contributed by atoms with E-state index in [0.29, 0.717) is 24.6 Å². The molecule has 4 heteroatoms. The molecule has 3 unspecified atom stereocenters. The van der Waals surface area contributed by atoms with Crippen LogP contribution in [0.3, 0.4) is 0 Å². The number of carbonyl (C=O) groups is 1. The van der Waals surface area contributed by atoms with E-state index in [0.717, 1.165) is 26.0 Å². The number of carbonyl (C=O) groups excluding carboxylic acids is 1. The minimum absolute atomic E-state index is 0.187. The van der Waals surface area contributed by atoms with Crippen molar-refractivity contribution in [1.82, 2.24) is 10.6 Å². The number of nitrogens with one attached hydrogen (secondary N) is 2. The molecule has 0 aliphatic carbocycles. The second-order valence-corrected chi connectivity index (χ2v) is 4.55. The van der Waals surface area contributed by atoms with Gasteiger partial charge in [-0.15, -0.1) is 0 Å². The third kappa shape index (κ3) is 2.92. The molecule has 2 N–H and O–H groups in total. The van der Waals surface area contributed by atoms with Gasteiger partial charge >= 0.3 is 0 Å². The van der Waals surface area contributed by atoms with Crippen molar-refractivity contribution in [3.8, 4) is 0 Å². The van der Waals surface area contributed by atoms with Crippen LogP contribution >= 0.6 is 0 Å². The lowest BCUT2D eigenvalue weighted by Crippen LogP contribution is -2.44. The summed E-state index contributed by atoms with van der Waals surface area (Å²) < 4.78 is 5.60. The highest BCUT2D eigenvalue weighted by Gasteiger charge is 2.25. The Morgan fingerprint density at radius 3 is 3.07 bits per heavy atom. The van der Waals surface area contributed by atoms with Crippen LogP contribution in [0.15, 0.2) is 0 Å². The molecule has 0 saturated carbocycles. The zero-order chi connectivity index (χ0) is 10.7. The first kappa shape index (κ1) is 10.9. The van der Waals surface area contributed by atoms with E-state index in [-0.39, 0.29) is 5.91 Å². The van der Waals surface area contributed by atoms with Crippen molar-refractivity contribution in [2.45, 2.75) is 50.8 Å². The van der Waals surface area contributed by atoms with Gasteiger partial charge in [0.1, 0.15) is 0 Å². The Morgan fingerprint density at radius 1 is 1.60 bits per heavy atom. The Bertz CT molecular complexity index is 227. The van der Waals surface area contributed by atoms with Crippen LogP contribution in [-0.2, 0) is 9.53 Å². The Hall–Kier alpha value is -0.610. The van der Waals surface area contributed by atoms with Crippen LogP contribution in [0.4, 0.5) is 0 Å². The van der Waals surface area contributed by atoms with E-state index in [1.807, 2.05) is 0 Å². The van der Waals surface area contributed by atoms with Crippen molar-refractivity contribution >= 4 is 5.91 Å². The van der Waals surface area contributed by atoms with E-state index in [4.69, 9.17) is 4.74 Å². The largest absolute Gasteiger partial charge is 0.377 e. The van der Waals surface area contributed by atoms with Gasteiger partial charge in [0.2, 0.25) is 5.91 Å². The molecule has 0 aromatic carbocycles. The Kier molecular flexibility index (Phi) is 3.59. The fourth-order valence-electron chi connectivity index (χ4n) is 2.29. The maximum Gasteiger partial charge on any atom is 0.220 e. The molecule has 2 aliphatic rings. The summed E-state index contributed by atoms with van der Waals surface area (Å²) in [5.74, 6) is 0.187. The molecule has 0 spiro atoms. The molecule has 2 heterocycles. The van der Waals surface area contributed by atoms with Crippen molar-refractivity contribution in [1.29, 1.82) is 0 Å². The van der Waals surface area contributed by atoms with Gasteiger partial charge in [-0.2, -0.15) is 0 Å². The third-order valence-corrected chi connectivity index (χ3v) is 3.29. The summed E-state index contributed by atoms with van der Waals surface area (Å²) in [6.07, 6.45) is 4.34. The number of hydrogen-bond donors (Lipinski definition) is 2. The fourth-order valence-corrected chi connectivity index (χ4v) is 2.29. The van der Waals surface area contributed by atoms with Crippen LogP contribution in [-0.4, -0.2) is 37.2 Å². The Labute approximate surface area is 90.8 Å². The van der Waals surface area contributed by atoms with Crippen LogP contribution in [0.1, 0.15) is 32.6 Å². The highest BCUT2D eigenvalue weighted by atomic mass is 16.5. The van der Waals surface area contributed by atoms with Crippen LogP contribution in [0.5, 0.6) is 0 Å². The predicted molar refractivity (Wildman–Crippen MR) is 57.6 cm³/mol. The first-order valence-electron chi connectivity index (χ1n) is 5.90. The first-order valence-corrected chi connectivity index (χ1v) is 5.90. The van der Waals surface area contributed by atoms with E-state index < -0.39 is 0 Å². The molecule has 1 amide bonds. The first-order chi connectivity index (χ1) is 7.25. The van der Waals surface area contributed by atoms with Gasteiger partial charge in [0.05, 0.1) is 6.10 Å². The Morgan fingerprint density at radius 2 is 2.47 bits per heavy atom. The molecule has 2 fully saturated rings. The Balaban J connectivity index is 1.66. The summed E-state index contributed by atoms with van der Waals surface area (Å²) in [7, 11) is 0. The van der Waals surface area contributed by atoms with E-state index in [1.54, 1.807) is 0 Å². The lowest BCUT2D eigenvalue weighted by molar-refractivity contribution is -0.119. The topological polar surface area (TPSA) is 50.4 Å². The van der Waals surface area contributed by atoms with Gasteiger partial charge in [0.15, 0.2) is 0 Å².